The van der Waals surface area contributed by atoms with Crippen LogP contribution in [-0.2, 0) is 23.1 Å². The first-order valence-corrected chi connectivity index (χ1v) is 10.6. The average molecular weight is 378 g/mol. The van der Waals surface area contributed by atoms with Crippen LogP contribution in [0.5, 0.6) is 0 Å². The summed E-state index contributed by atoms with van der Waals surface area (Å²) >= 11 is 0. The van der Waals surface area contributed by atoms with Gasteiger partial charge in [0.1, 0.15) is 0 Å². The van der Waals surface area contributed by atoms with Gasteiger partial charge in [-0.25, -0.2) is 0 Å². The Labute approximate surface area is 155 Å². The zero-order valence-electron chi connectivity index (χ0n) is 15.8. The Bertz CT molecular complexity index is 773. The van der Waals surface area contributed by atoms with Gasteiger partial charge in [-0.2, -0.15) is 0 Å². The van der Waals surface area contributed by atoms with Crippen LogP contribution in [0.1, 0.15) is 39.2 Å². The Hall–Kier alpha value is -1.68. The summed E-state index contributed by atoms with van der Waals surface area (Å²) < 4.78 is 29.6. The Morgan fingerprint density at radius 3 is 2.19 bits per heavy atom. The highest BCUT2D eigenvalue weighted by Gasteiger charge is 2.46. The monoisotopic (exact) mass is 378 g/mol. The molecule has 0 aliphatic carbocycles. The molecule has 0 aliphatic rings. The SMILES string of the molecule is CCOC(=O)[C@@H]([C@H](C)c1cccc2ccccc12)P(=O)(OCC)OCC. The minimum absolute atomic E-state index is 0.190. The third kappa shape index (κ3) is 4.35. The third-order valence-electron chi connectivity index (χ3n) is 4.27. The Balaban J connectivity index is 2.56. The molecular weight excluding hydrogens is 351 g/mol. The molecule has 0 spiro atoms. The lowest BCUT2D eigenvalue weighted by Gasteiger charge is -2.29. The fourth-order valence-corrected chi connectivity index (χ4v) is 5.37. The highest BCUT2D eigenvalue weighted by molar-refractivity contribution is 7.55. The lowest BCUT2D eigenvalue weighted by atomic mass is 9.92. The van der Waals surface area contributed by atoms with Gasteiger partial charge in [-0.3, -0.25) is 9.36 Å². The first-order chi connectivity index (χ1) is 12.5. The van der Waals surface area contributed by atoms with E-state index in [0.29, 0.717) is 0 Å². The van der Waals surface area contributed by atoms with Crippen LogP contribution in [0.2, 0.25) is 0 Å². The van der Waals surface area contributed by atoms with Crippen molar-refractivity contribution < 1.29 is 23.1 Å². The van der Waals surface area contributed by atoms with Crippen LogP contribution < -0.4 is 0 Å². The Morgan fingerprint density at radius 2 is 1.58 bits per heavy atom. The second-order valence-corrected chi connectivity index (χ2v) is 8.08. The van der Waals surface area contributed by atoms with Gasteiger partial charge < -0.3 is 13.8 Å². The molecule has 0 bridgehead atoms. The topological polar surface area (TPSA) is 61.8 Å². The zero-order valence-corrected chi connectivity index (χ0v) is 16.7. The number of ether oxygens (including phenoxy) is 1. The molecule has 0 unspecified atom stereocenters. The highest BCUT2D eigenvalue weighted by atomic mass is 31.2. The summed E-state index contributed by atoms with van der Waals surface area (Å²) in [6.07, 6.45) is 0. The van der Waals surface area contributed by atoms with E-state index in [1.165, 1.54) is 0 Å². The van der Waals surface area contributed by atoms with Crippen LogP contribution in [0.4, 0.5) is 0 Å². The van der Waals surface area contributed by atoms with Crippen LogP contribution in [0, 0.1) is 0 Å². The number of carbonyl (C=O) groups is 1. The predicted octanol–water partition coefficient (Wildman–Crippen LogP) is 5.14. The molecule has 5 nitrogen and oxygen atoms in total. The number of carbonyl (C=O) groups excluding carboxylic acids is 1. The molecule has 0 saturated heterocycles. The van der Waals surface area contributed by atoms with Crippen molar-refractivity contribution >= 4 is 24.3 Å². The number of esters is 1. The van der Waals surface area contributed by atoms with Crippen LogP contribution in [0.25, 0.3) is 10.8 Å². The normalized spacial score (nSPS) is 14.2. The van der Waals surface area contributed by atoms with E-state index in [2.05, 4.69) is 0 Å². The van der Waals surface area contributed by atoms with Crippen molar-refractivity contribution in [2.24, 2.45) is 0 Å². The number of benzene rings is 2. The first-order valence-electron chi connectivity index (χ1n) is 9.01. The van der Waals surface area contributed by atoms with Crippen LogP contribution in [0.3, 0.4) is 0 Å². The van der Waals surface area contributed by atoms with E-state index in [1.54, 1.807) is 20.8 Å². The van der Waals surface area contributed by atoms with Gasteiger partial charge in [0.2, 0.25) is 0 Å². The van der Waals surface area contributed by atoms with Gasteiger partial charge in [0.15, 0.2) is 5.66 Å². The Kier molecular flexibility index (Phi) is 7.39. The van der Waals surface area contributed by atoms with Gasteiger partial charge in [0, 0.05) is 5.92 Å². The van der Waals surface area contributed by atoms with E-state index in [0.717, 1.165) is 16.3 Å². The number of fused-ring (bicyclic) bond motifs is 1. The van der Waals surface area contributed by atoms with Crippen LogP contribution >= 0.6 is 7.60 Å². The van der Waals surface area contributed by atoms with Crippen molar-refractivity contribution in [3.05, 3.63) is 48.0 Å². The number of hydrogen-bond donors (Lipinski definition) is 0. The molecule has 2 aromatic carbocycles. The van der Waals surface area contributed by atoms with Gasteiger partial charge in [0.05, 0.1) is 19.8 Å². The van der Waals surface area contributed by atoms with Gasteiger partial charge in [-0.1, -0.05) is 49.4 Å². The largest absolute Gasteiger partial charge is 0.465 e. The summed E-state index contributed by atoms with van der Waals surface area (Å²) in [6, 6.07) is 13.8. The predicted molar refractivity (Wildman–Crippen MR) is 104 cm³/mol. The van der Waals surface area contributed by atoms with E-state index in [-0.39, 0.29) is 19.8 Å². The Morgan fingerprint density at radius 1 is 0.962 bits per heavy atom. The molecule has 2 rings (SSSR count). The third-order valence-corrected chi connectivity index (χ3v) is 6.85. The molecule has 0 aliphatic heterocycles. The second kappa shape index (κ2) is 9.31. The summed E-state index contributed by atoms with van der Waals surface area (Å²) in [5.41, 5.74) is -0.103. The minimum Gasteiger partial charge on any atom is -0.465 e. The van der Waals surface area contributed by atoms with E-state index in [1.807, 2.05) is 49.4 Å². The van der Waals surface area contributed by atoms with Gasteiger partial charge >= 0.3 is 13.6 Å². The zero-order chi connectivity index (χ0) is 19.2. The molecule has 0 fully saturated rings. The van der Waals surface area contributed by atoms with Crippen molar-refractivity contribution in [2.75, 3.05) is 19.8 Å². The van der Waals surface area contributed by atoms with Gasteiger partial charge in [0.25, 0.3) is 0 Å². The first kappa shape index (κ1) is 20.6. The molecule has 6 heteroatoms. The maximum absolute atomic E-state index is 13.4. The highest BCUT2D eigenvalue weighted by Crippen LogP contribution is 2.58. The molecule has 0 aromatic heterocycles. The quantitative estimate of drug-likeness (QED) is 0.446. The van der Waals surface area contributed by atoms with Crippen molar-refractivity contribution in [2.45, 2.75) is 39.3 Å². The van der Waals surface area contributed by atoms with Gasteiger partial charge in [-0.05, 0) is 37.1 Å². The molecule has 2 aromatic rings. The van der Waals surface area contributed by atoms with Crippen molar-refractivity contribution in [1.82, 2.24) is 0 Å². The van der Waals surface area contributed by atoms with Gasteiger partial charge in [-0.15, -0.1) is 0 Å². The van der Waals surface area contributed by atoms with E-state index >= 15 is 0 Å². The fourth-order valence-electron chi connectivity index (χ4n) is 3.21. The molecule has 0 N–H and O–H groups in total. The molecule has 26 heavy (non-hydrogen) atoms. The summed E-state index contributed by atoms with van der Waals surface area (Å²) in [6.45, 7) is 7.64. The van der Waals surface area contributed by atoms with E-state index < -0.39 is 25.1 Å². The molecule has 0 radical (unpaired) electrons. The summed E-state index contributed by atoms with van der Waals surface area (Å²) in [7, 11) is -3.69. The summed E-state index contributed by atoms with van der Waals surface area (Å²) in [5, 5.41) is 2.07. The summed E-state index contributed by atoms with van der Waals surface area (Å²) in [5.74, 6) is -0.956. The molecule has 142 valence electrons. The minimum atomic E-state index is -3.69. The molecular formula is C20H27O5P. The summed E-state index contributed by atoms with van der Waals surface area (Å²) in [4.78, 5) is 12.7. The average Bonchev–Trinajstić information content (AvgIpc) is 2.61. The standard InChI is InChI=1S/C20H27O5P/c1-5-23-20(21)19(26(22,24-6-2)25-7-3)15(4)17-14-10-12-16-11-8-9-13-18(16)17/h8-15,19H,5-7H2,1-4H3/t15-,19-/m1/s1. The molecule has 0 heterocycles. The van der Waals surface area contributed by atoms with E-state index in [4.69, 9.17) is 13.8 Å². The van der Waals surface area contributed by atoms with Crippen LogP contribution in [-0.4, -0.2) is 31.4 Å². The molecule has 0 saturated carbocycles. The van der Waals surface area contributed by atoms with Crippen molar-refractivity contribution in [3.8, 4) is 0 Å². The maximum atomic E-state index is 13.4. The van der Waals surface area contributed by atoms with Crippen molar-refractivity contribution in [1.29, 1.82) is 0 Å². The molecule has 0 amide bonds. The lowest BCUT2D eigenvalue weighted by Crippen LogP contribution is -2.31. The van der Waals surface area contributed by atoms with Crippen molar-refractivity contribution in [3.63, 3.8) is 0 Å². The van der Waals surface area contributed by atoms with E-state index in [9.17, 15) is 9.36 Å². The number of rotatable bonds is 9. The fraction of sp³-hybridized carbons (Fsp3) is 0.450. The lowest BCUT2D eigenvalue weighted by molar-refractivity contribution is -0.143. The molecule has 2 atom stereocenters. The number of hydrogen-bond acceptors (Lipinski definition) is 5. The smallest absolute Gasteiger partial charge is 0.345 e. The maximum Gasteiger partial charge on any atom is 0.345 e. The van der Waals surface area contributed by atoms with Crippen LogP contribution in [0.15, 0.2) is 42.5 Å². The second-order valence-electron chi connectivity index (χ2n) is 5.93.